The quantitative estimate of drug-likeness (QED) is 0.347. The summed E-state index contributed by atoms with van der Waals surface area (Å²) in [4.78, 5) is 12.2. The number of ether oxygens (including phenoxy) is 1. The Morgan fingerprint density at radius 3 is 2.70 bits per heavy atom. The average molecular weight is 309 g/mol. The summed E-state index contributed by atoms with van der Waals surface area (Å²) in [6.07, 6.45) is 0. The smallest absolute Gasteiger partial charge is 0.378 e. The SMILES string of the molecule is CCOC(=O)/C(=N/Nc1ccccc1)n1nnc2ccccc21. The van der Waals surface area contributed by atoms with Gasteiger partial charge in [-0.05, 0) is 31.2 Å². The molecule has 23 heavy (non-hydrogen) atoms. The number of carbonyl (C=O) groups excluding carboxylic acids is 1. The topological polar surface area (TPSA) is 81.4 Å². The number of hydrazone groups is 1. The second-order valence-electron chi connectivity index (χ2n) is 4.62. The van der Waals surface area contributed by atoms with Crippen LogP contribution in [0.25, 0.3) is 11.0 Å². The van der Waals surface area contributed by atoms with Gasteiger partial charge in [0.15, 0.2) is 0 Å². The highest BCUT2D eigenvalue weighted by atomic mass is 16.5. The van der Waals surface area contributed by atoms with Crippen molar-refractivity contribution in [3.63, 3.8) is 0 Å². The monoisotopic (exact) mass is 309 g/mol. The number of benzene rings is 2. The van der Waals surface area contributed by atoms with Crippen molar-refractivity contribution >= 4 is 28.5 Å². The van der Waals surface area contributed by atoms with E-state index in [1.807, 2.05) is 54.6 Å². The van der Waals surface area contributed by atoms with Crippen LogP contribution in [0.5, 0.6) is 0 Å². The number of fused-ring (bicyclic) bond motifs is 1. The normalized spacial score (nSPS) is 11.4. The maximum absolute atomic E-state index is 12.2. The van der Waals surface area contributed by atoms with Crippen LogP contribution in [0.2, 0.25) is 0 Å². The molecule has 0 spiro atoms. The van der Waals surface area contributed by atoms with E-state index in [1.54, 1.807) is 6.92 Å². The molecule has 1 heterocycles. The molecule has 116 valence electrons. The van der Waals surface area contributed by atoms with E-state index >= 15 is 0 Å². The molecule has 0 aliphatic heterocycles. The number of hydrogen-bond acceptors (Lipinski definition) is 6. The minimum absolute atomic E-state index is 0.0180. The maximum atomic E-state index is 12.2. The number of para-hydroxylation sites is 2. The summed E-state index contributed by atoms with van der Waals surface area (Å²) < 4.78 is 6.43. The summed E-state index contributed by atoms with van der Waals surface area (Å²) in [5.41, 5.74) is 4.93. The molecule has 1 N–H and O–H groups in total. The maximum Gasteiger partial charge on any atom is 0.378 e. The van der Waals surface area contributed by atoms with Gasteiger partial charge in [-0.1, -0.05) is 35.5 Å². The molecule has 2 aromatic carbocycles. The van der Waals surface area contributed by atoms with E-state index in [-0.39, 0.29) is 12.4 Å². The van der Waals surface area contributed by atoms with Crippen LogP contribution < -0.4 is 5.43 Å². The molecule has 0 radical (unpaired) electrons. The lowest BCUT2D eigenvalue weighted by Gasteiger charge is -2.07. The minimum Gasteiger partial charge on any atom is -0.460 e. The van der Waals surface area contributed by atoms with Crippen LogP contribution in [-0.4, -0.2) is 33.4 Å². The van der Waals surface area contributed by atoms with Gasteiger partial charge in [0.2, 0.25) is 0 Å². The van der Waals surface area contributed by atoms with Crippen molar-refractivity contribution in [3.8, 4) is 0 Å². The fourth-order valence-corrected chi connectivity index (χ4v) is 2.03. The van der Waals surface area contributed by atoms with Crippen LogP contribution in [-0.2, 0) is 9.53 Å². The van der Waals surface area contributed by atoms with Gasteiger partial charge in [0, 0.05) is 0 Å². The van der Waals surface area contributed by atoms with Crippen LogP contribution in [0.3, 0.4) is 0 Å². The largest absolute Gasteiger partial charge is 0.460 e. The van der Waals surface area contributed by atoms with Crippen LogP contribution in [0.15, 0.2) is 59.7 Å². The molecule has 1 aromatic heterocycles. The van der Waals surface area contributed by atoms with Crippen LogP contribution in [0.1, 0.15) is 6.92 Å². The van der Waals surface area contributed by atoms with E-state index < -0.39 is 5.97 Å². The van der Waals surface area contributed by atoms with Crippen molar-refractivity contribution in [1.29, 1.82) is 0 Å². The fourth-order valence-electron chi connectivity index (χ4n) is 2.03. The highest BCUT2D eigenvalue weighted by Gasteiger charge is 2.19. The number of aromatic nitrogens is 3. The Morgan fingerprint density at radius 2 is 1.91 bits per heavy atom. The van der Waals surface area contributed by atoms with Crippen LogP contribution in [0, 0.1) is 0 Å². The Bertz CT molecular complexity index is 842. The Kier molecular flexibility index (Phi) is 4.28. The summed E-state index contributed by atoms with van der Waals surface area (Å²) in [7, 11) is 0. The van der Waals surface area contributed by atoms with Gasteiger partial charge < -0.3 is 4.74 Å². The summed E-state index contributed by atoms with van der Waals surface area (Å²) in [5.74, 6) is -0.559. The van der Waals surface area contributed by atoms with E-state index in [1.165, 1.54) is 4.68 Å². The third kappa shape index (κ3) is 3.18. The van der Waals surface area contributed by atoms with Crippen molar-refractivity contribution in [2.45, 2.75) is 6.92 Å². The zero-order chi connectivity index (χ0) is 16.1. The molecular formula is C16H15N5O2. The predicted octanol–water partition coefficient (Wildman–Crippen LogP) is 2.27. The van der Waals surface area contributed by atoms with Crippen LogP contribution in [0.4, 0.5) is 5.69 Å². The molecule has 7 heteroatoms. The number of nitrogens with zero attached hydrogens (tertiary/aromatic N) is 4. The molecule has 0 saturated heterocycles. The van der Waals surface area contributed by atoms with Gasteiger partial charge in [-0.25, -0.2) is 4.79 Å². The number of anilines is 1. The lowest BCUT2D eigenvalue weighted by Crippen LogP contribution is -2.27. The number of nitrogens with one attached hydrogen (secondary N) is 1. The molecule has 0 unspecified atom stereocenters. The molecule has 0 atom stereocenters. The molecule has 3 aromatic rings. The first kappa shape index (κ1) is 14.7. The fraction of sp³-hybridized carbons (Fsp3) is 0.125. The summed E-state index contributed by atoms with van der Waals surface area (Å²) >= 11 is 0. The van der Waals surface area contributed by atoms with Gasteiger partial charge in [-0.15, -0.1) is 10.2 Å². The lowest BCUT2D eigenvalue weighted by molar-refractivity contribution is -0.135. The number of hydrogen-bond donors (Lipinski definition) is 1. The molecule has 0 bridgehead atoms. The molecule has 7 nitrogen and oxygen atoms in total. The standard InChI is InChI=1S/C16H15N5O2/c1-2-23-16(22)15(19-17-12-8-4-3-5-9-12)21-14-11-7-6-10-13(14)18-20-21/h3-11,17H,2H2,1H3/b19-15-. The van der Waals surface area contributed by atoms with Crippen molar-refractivity contribution in [3.05, 3.63) is 54.6 Å². The zero-order valence-electron chi connectivity index (χ0n) is 12.5. The highest BCUT2D eigenvalue weighted by Crippen LogP contribution is 2.11. The van der Waals surface area contributed by atoms with Crippen molar-refractivity contribution in [2.75, 3.05) is 12.0 Å². The molecule has 0 aliphatic rings. The Morgan fingerprint density at radius 1 is 1.17 bits per heavy atom. The van der Waals surface area contributed by atoms with Gasteiger partial charge in [0.1, 0.15) is 5.52 Å². The first-order valence-electron chi connectivity index (χ1n) is 7.16. The number of rotatable bonds is 3. The molecule has 0 saturated carbocycles. The van der Waals surface area contributed by atoms with Gasteiger partial charge in [0.05, 0.1) is 17.8 Å². The first-order chi connectivity index (χ1) is 11.3. The summed E-state index contributed by atoms with van der Waals surface area (Å²) in [6.45, 7) is 1.98. The second-order valence-corrected chi connectivity index (χ2v) is 4.62. The van der Waals surface area contributed by atoms with E-state index in [2.05, 4.69) is 20.8 Å². The third-order valence-corrected chi connectivity index (χ3v) is 3.08. The second kappa shape index (κ2) is 6.69. The molecule has 3 rings (SSSR count). The zero-order valence-corrected chi connectivity index (χ0v) is 12.5. The van der Waals surface area contributed by atoms with Crippen molar-refractivity contribution in [1.82, 2.24) is 15.0 Å². The van der Waals surface area contributed by atoms with E-state index in [9.17, 15) is 4.79 Å². The molecule has 0 fully saturated rings. The number of carbonyl (C=O) groups is 1. The summed E-state index contributed by atoms with van der Waals surface area (Å²) in [5, 5.41) is 12.2. The lowest BCUT2D eigenvalue weighted by atomic mass is 10.3. The molecular weight excluding hydrogens is 294 g/mol. The Hall–Kier alpha value is -3.22. The van der Waals surface area contributed by atoms with Gasteiger partial charge in [-0.3, -0.25) is 5.43 Å². The van der Waals surface area contributed by atoms with E-state index in [4.69, 9.17) is 4.74 Å². The van der Waals surface area contributed by atoms with Crippen molar-refractivity contribution < 1.29 is 9.53 Å². The first-order valence-corrected chi connectivity index (χ1v) is 7.16. The highest BCUT2D eigenvalue weighted by molar-refractivity contribution is 6.37. The van der Waals surface area contributed by atoms with E-state index in [0.29, 0.717) is 11.0 Å². The Balaban J connectivity index is 2.00. The van der Waals surface area contributed by atoms with Gasteiger partial charge in [-0.2, -0.15) is 4.68 Å². The molecule has 0 amide bonds. The van der Waals surface area contributed by atoms with Gasteiger partial charge >= 0.3 is 5.97 Å². The van der Waals surface area contributed by atoms with E-state index in [0.717, 1.165) is 5.69 Å². The number of esters is 1. The van der Waals surface area contributed by atoms with Crippen LogP contribution >= 0.6 is 0 Å². The third-order valence-electron chi connectivity index (χ3n) is 3.08. The summed E-state index contributed by atoms with van der Waals surface area (Å²) in [6, 6.07) is 16.6. The molecule has 0 aliphatic carbocycles. The predicted molar refractivity (Wildman–Crippen MR) is 87.1 cm³/mol. The average Bonchev–Trinajstić information content (AvgIpc) is 3.00. The van der Waals surface area contributed by atoms with Gasteiger partial charge in [0.25, 0.3) is 5.84 Å². The Labute approximate surface area is 132 Å². The van der Waals surface area contributed by atoms with Crippen molar-refractivity contribution in [2.24, 2.45) is 5.10 Å². The minimum atomic E-state index is -0.577.